The van der Waals surface area contributed by atoms with Crippen LogP contribution in [0.25, 0.3) is 33.6 Å². The number of amides is 1. The molecule has 0 saturated heterocycles. The lowest BCUT2D eigenvalue weighted by Gasteiger charge is -2.03. The lowest BCUT2D eigenvalue weighted by atomic mass is 10.1. The summed E-state index contributed by atoms with van der Waals surface area (Å²) in [6.45, 7) is 0. The summed E-state index contributed by atoms with van der Waals surface area (Å²) >= 11 is 0. The molecule has 0 spiro atoms. The molecule has 4 aromatic rings. The molecule has 0 saturated carbocycles. The smallest absolute Gasteiger partial charge is 0.264 e. The lowest BCUT2D eigenvalue weighted by Crippen LogP contribution is -2.29. The van der Waals surface area contributed by atoms with E-state index in [1.54, 1.807) is 18.2 Å². The molecule has 0 aliphatic heterocycles. The van der Waals surface area contributed by atoms with Crippen LogP contribution in [0.5, 0.6) is 0 Å². The van der Waals surface area contributed by atoms with E-state index in [1.807, 2.05) is 41.1 Å². The average Bonchev–Trinajstić information content (AvgIpc) is 3.16. The summed E-state index contributed by atoms with van der Waals surface area (Å²) in [7, 11) is -3.61. The number of nitrogens with one attached hydrogen (secondary N) is 1. The second-order valence-corrected chi connectivity index (χ2v) is 7.99. The van der Waals surface area contributed by atoms with Crippen LogP contribution in [0.1, 0.15) is 10.4 Å². The number of hydrogen-bond acceptors (Lipinski definition) is 6. The molecule has 2 aromatic carbocycles. The third-order valence-electron chi connectivity index (χ3n) is 4.08. The highest BCUT2D eigenvalue weighted by molar-refractivity contribution is 7.89. The summed E-state index contributed by atoms with van der Waals surface area (Å²) in [6.07, 6.45) is 0.928. The lowest BCUT2D eigenvalue weighted by molar-refractivity contribution is 0.0981. The van der Waals surface area contributed by atoms with Gasteiger partial charge >= 0.3 is 0 Å². The Hall–Kier alpha value is -3.52. The van der Waals surface area contributed by atoms with Crippen LogP contribution in [0.4, 0.5) is 0 Å². The van der Waals surface area contributed by atoms with Gasteiger partial charge in [-0.05, 0) is 24.3 Å². The number of carbonyl (C=O) groups is 1. The van der Waals surface area contributed by atoms with E-state index in [2.05, 4.69) is 10.1 Å². The molecule has 2 heterocycles. The molecule has 4 rings (SSSR count). The molecule has 1 amide bonds. The third kappa shape index (κ3) is 3.77. The Kier molecular flexibility index (Phi) is 4.40. The minimum absolute atomic E-state index is 0.231. The number of aromatic nitrogens is 2. The minimum Gasteiger partial charge on any atom is -0.354 e. The SMILES string of the molecule is CS(=O)(=O)NC(=O)c1ccc(-c2cc(-c3ccc4ccccc4n3)on2)cc1. The van der Waals surface area contributed by atoms with Crippen molar-refractivity contribution in [2.24, 2.45) is 0 Å². The molecule has 0 unspecified atom stereocenters. The van der Waals surface area contributed by atoms with Gasteiger partial charge in [0.05, 0.1) is 11.8 Å². The quantitative estimate of drug-likeness (QED) is 0.571. The van der Waals surface area contributed by atoms with Crippen molar-refractivity contribution in [2.45, 2.75) is 0 Å². The van der Waals surface area contributed by atoms with E-state index in [9.17, 15) is 13.2 Å². The van der Waals surface area contributed by atoms with Crippen molar-refractivity contribution < 1.29 is 17.7 Å². The second-order valence-electron chi connectivity index (χ2n) is 6.25. The van der Waals surface area contributed by atoms with E-state index in [1.165, 1.54) is 12.1 Å². The largest absolute Gasteiger partial charge is 0.354 e. The van der Waals surface area contributed by atoms with Crippen molar-refractivity contribution >= 4 is 26.8 Å². The molecular weight excluding hydrogens is 378 g/mol. The van der Waals surface area contributed by atoms with Crippen molar-refractivity contribution in [1.29, 1.82) is 0 Å². The van der Waals surface area contributed by atoms with Gasteiger partial charge in [-0.1, -0.05) is 41.6 Å². The number of hydrogen-bond donors (Lipinski definition) is 1. The number of fused-ring (bicyclic) bond motifs is 1. The second kappa shape index (κ2) is 6.90. The molecule has 8 heteroatoms. The number of benzene rings is 2. The van der Waals surface area contributed by atoms with Crippen molar-refractivity contribution in [2.75, 3.05) is 6.26 Å². The van der Waals surface area contributed by atoms with Gasteiger partial charge in [-0.15, -0.1) is 0 Å². The Balaban J connectivity index is 1.59. The summed E-state index contributed by atoms with van der Waals surface area (Å²) in [4.78, 5) is 16.5. The highest BCUT2D eigenvalue weighted by Crippen LogP contribution is 2.26. The number of nitrogens with zero attached hydrogens (tertiary/aromatic N) is 2. The topological polar surface area (TPSA) is 102 Å². The predicted octanol–water partition coefficient (Wildman–Crippen LogP) is 3.25. The molecule has 0 aliphatic carbocycles. The Bertz CT molecular complexity index is 1280. The normalized spacial score (nSPS) is 11.5. The van der Waals surface area contributed by atoms with Crippen LogP contribution in [0.3, 0.4) is 0 Å². The fourth-order valence-corrected chi connectivity index (χ4v) is 3.21. The number of sulfonamides is 1. The van der Waals surface area contributed by atoms with E-state index in [0.717, 1.165) is 22.7 Å². The first-order chi connectivity index (χ1) is 13.4. The molecular formula is C20H15N3O4S. The molecule has 0 fully saturated rings. The van der Waals surface area contributed by atoms with Crippen LogP contribution in [-0.2, 0) is 10.0 Å². The zero-order chi connectivity index (χ0) is 19.7. The summed E-state index contributed by atoms with van der Waals surface area (Å²) in [5.41, 5.74) is 3.07. The molecule has 0 atom stereocenters. The highest BCUT2D eigenvalue weighted by atomic mass is 32.2. The Morgan fingerprint density at radius 3 is 2.46 bits per heavy atom. The third-order valence-corrected chi connectivity index (χ3v) is 4.64. The van der Waals surface area contributed by atoms with E-state index < -0.39 is 15.9 Å². The van der Waals surface area contributed by atoms with Crippen molar-refractivity contribution in [3.8, 4) is 22.7 Å². The zero-order valence-electron chi connectivity index (χ0n) is 14.8. The summed E-state index contributed by atoms with van der Waals surface area (Å²) in [6, 6.07) is 19.8. The van der Waals surface area contributed by atoms with Crippen LogP contribution < -0.4 is 4.72 Å². The van der Waals surface area contributed by atoms with Gasteiger partial charge < -0.3 is 4.52 Å². The number of carbonyl (C=O) groups excluding carboxylic acids is 1. The van der Waals surface area contributed by atoms with E-state index in [4.69, 9.17) is 4.52 Å². The van der Waals surface area contributed by atoms with Crippen LogP contribution in [0, 0.1) is 0 Å². The first-order valence-corrected chi connectivity index (χ1v) is 10.2. The van der Waals surface area contributed by atoms with Gasteiger partial charge in [0.25, 0.3) is 5.91 Å². The molecule has 2 aromatic heterocycles. The first kappa shape index (κ1) is 17.9. The fourth-order valence-electron chi connectivity index (χ4n) is 2.75. The molecule has 1 N–H and O–H groups in total. The summed E-state index contributed by atoms with van der Waals surface area (Å²) < 4.78 is 29.7. The monoisotopic (exact) mass is 393 g/mol. The van der Waals surface area contributed by atoms with Crippen molar-refractivity contribution in [3.05, 3.63) is 72.3 Å². The van der Waals surface area contributed by atoms with Gasteiger partial charge in [0.15, 0.2) is 5.76 Å². The van der Waals surface area contributed by atoms with Gasteiger partial charge in [0, 0.05) is 22.6 Å². The summed E-state index contributed by atoms with van der Waals surface area (Å²) in [5.74, 6) is -0.157. The number of pyridine rings is 1. The maximum Gasteiger partial charge on any atom is 0.264 e. The van der Waals surface area contributed by atoms with Crippen LogP contribution in [-0.4, -0.2) is 30.7 Å². The Morgan fingerprint density at radius 2 is 1.71 bits per heavy atom. The number of rotatable bonds is 4. The average molecular weight is 393 g/mol. The van der Waals surface area contributed by atoms with Crippen LogP contribution in [0.2, 0.25) is 0 Å². The Labute approximate surface area is 161 Å². The molecule has 7 nitrogen and oxygen atoms in total. The standard InChI is InChI=1S/C20H15N3O4S/c1-28(25,26)23-20(24)15-8-6-14(7-9-15)18-12-19(27-22-18)17-11-10-13-4-2-3-5-16(13)21-17/h2-12H,1H3,(H,23,24). The van der Waals surface area contributed by atoms with Gasteiger partial charge in [0.1, 0.15) is 11.4 Å². The molecule has 140 valence electrons. The zero-order valence-corrected chi connectivity index (χ0v) is 15.6. The number of para-hydroxylation sites is 1. The molecule has 0 radical (unpaired) electrons. The fraction of sp³-hybridized carbons (Fsp3) is 0.0500. The maximum absolute atomic E-state index is 11.9. The molecule has 0 bridgehead atoms. The van der Waals surface area contributed by atoms with Crippen molar-refractivity contribution in [1.82, 2.24) is 14.9 Å². The highest BCUT2D eigenvalue weighted by Gasteiger charge is 2.13. The van der Waals surface area contributed by atoms with Crippen molar-refractivity contribution in [3.63, 3.8) is 0 Å². The van der Waals surface area contributed by atoms with Crippen LogP contribution in [0.15, 0.2) is 71.3 Å². The van der Waals surface area contributed by atoms with Gasteiger partial charge in [-0.2, -0.15) is 0 Å². The van der Waals surface area contributed by atoms with E-state index in [0.29, 0.717) is 17.1 Å². The van der Waals surface area contributed by atoms with Gasteiger partial charge in [-0.25, -0.2) is 18.1 Å². The van der Waals surface area contributed by atoms with E-state index >= 15 is 0 Å². The molecule has 0 aliphatic rings. The first-order valence-electron chi connectivity index (χ1n) is 8.34. The van der Waals surface area contributed by atoms with Gasteiger partial charge in [0.2, 0.25) is 10.0 Å². The summed E-state index contributed by atoms with van der Waals surface area (Å²) in [5, 5.41) is 5.10. The molecule has 28 heavy (non-hydrogen) atoms. The minimum atomic E-state index is -3.61. The van der Waals surface area contributed by atoms with Crippen LogP contribution >= 0.6 is 0 Å². The van der Waals surface area contributed by atoms with E-state index in [-0.39, 0.29) is 5.56 Å². The maximum atomic E-state index is 11.9. The predicted molar refractivity (Wildman–Crippen MR) is 105 cm³/mol. The Morgan fingerprint density at radius 1 is 0.964 bits per heavy atom. The van der Waals surface area contributed by atoms with Gasteiger partial charge in [-0.3, -0.25) is 4.79 Å².